The van der Waals surface area contributed by atoms with Gasteiger partial charge in [-0.2, -0.15) is 0 Å². The van der Waals surface area contributed by atoms with Crippen LogP contribution in [-0.2, 0) is 9.63 Å². The second-order valence-corrected chi connectivity index (χ2v) is 5.71. The van der Waals surface area contributed by atoms with Crippen LogP contribution < -0.4 is 5.48 Å². The molecule has 3 rings (SSSR count). The summed E-state index contributed by atoms with van der Waals surface area (Å²) in [4.78, 5) is 34.0. The van der Waals surface area contributed by atoms with E-state index in [4.69, 9.17) is 0 Å². The molecule has 0 aliphatic carbocycles. The quantitative estimate of drug-likeness (QED) is 0.840. The molecule has 1 atom stereocenters. The van der Waals surface area contributed by atoms with Gasteiger partial charge in [0.25, 0.3) is 11.8 Å². The van der Waals surface area contributed by atoms with Crippen molar-refractivity contribution in [3.63, 3.8) is 0 Å². The fraction of sp³-hybridized carbons (Fsp3) is 0.286. The third-order valence-electron chi connectivity index (χ3n) is 3.47. The van der Waals surface area contributed by atoms with Gasteiger partial charge in [0, 0.05) is 22.9 Å². The Morgan fingerprint density at radius 3 is 3.05 bits per heavy atom. The summed E-state index contributed by atoms with van der Waals surface area (Å²) in [6.45, 7) is 0. The maximum atomic E-state index is 12.7. The maximum absolute atomic E-state index is 12.7. The summed E-state index contributed by atoms with van der Waals surface area (Å²) in [6, 6.07) is 7.11. The first-order valence-electron chi connectivity index (χ1n) is 6.50. The first kappa shape index (κ1) is 14.0. The molecule has 2 amide bonds. The second kappa shape index (κ2) is 5.79. The van der Waals surface area contributed by atoms with E-state index in [1.165, 1.54) is 7.11 Å². The van der Waals surface area contributed by atoms with E-state index in [0.29, 0.717) is 17.2 Å². The lowest BCUT2D eigenvalue weighted by Crippen LogP contribution is -2.46. The molecule has 0 spiro atoms. The number of hydrogen-bond donors (Lipinski definition) is 2. The minimum absolute atomic E-state index is 0.145. The molecule has 1 aromatic heterocycles. The van der Waals surface area contributed by atoms with Crippen molar-refractivity contribution < 1.29 is 14.4 Å². The molecule has 7 heteroatoms. The highest BCUT2D eigenvalue weighted by Gasteiger charge is 2.35. The van der Waals surface area contributed by atoms with Crippen LogP contribution in [0, 0.1) is 0 Å². The number of fused-ring (bicyclic) bond motifs is 1. The van der Waals surface area contributed by atoms with E-state index in [1.54, 1.807) is 22.9 Å². The van der Waals surface area contributed by atoms with E-state index in [2.05, 4.69) is 15.3 Å². The average molecular weight is 305 g/mol. The monoisotopic (exact) mass is 305 g/mol. The fourth-order valence-corrected chi connectivity index (χ4v) is 3.59. The van der Waals surface area contributed by atoms with Gasteiger partial charge in [-0.1, -0.05) is 18.2 Å². The van der Waals surface area contributed by atoms with Crippen LogP contribution in [0.5, 0.6) is 0 Å². The molecular formula is C14H15N3O3S. The van der Waals surface area contributed by atoms with Crippen molar-refractivity contribution in [2.24, 2.45) is 0 Å². The van der Waals surface area contributed by atoms with Gasteiger partial charge in [0.05, 0.1) is 18.6 Å². The standard InChI is InChI=1S/C14H15N3O3S/c1-20-16-13(18)12-7-21-8-17(12)14(19)10-6-15-11-5-3-2-4-9(10)11/h2-6,12,15H,7-8H2,1H3,(H,16,18). The van der Waals surface area contributed by atoms with E-state index in [-0.39, 0.29) is 11.8 Å². The van der Waals surface area contributed by atoms with E-state index in [1.807, 2.05) is 24.3 Å². The predicted octanol–water partition coefficient (Wildman–Crippen LogP) is 1.36. The molecule has 1 fully saturated rings. The minimum Gasteiger partial charge on any atom is -0.360 e. The smallest absolute Gasteiger partial charge is 0.267 e. The number of rotatable bonds is 3. The van der Waals surface area contributed by atoms with Crippen LogP contribution in [-0.4, -0.2) is 46.5 Å². The zero-order chi connectivity index (χ0) is 14.8. The van der Waals surface area contributed by atoms with Crippen LogP contribution in [0.1, 0.15) is 10.4 Å². The summed E-state index contributed by atoms with van der Waals surface area (Å²) in [5.74, 6) is 0.632. The molecule has 6 nitrogen and oxygen atoms in total. The largest absolute Gasteiger partial charge is 0.360 e. The van der Waals surface area contributed by atoms with Crippen LogP contribution in [0.25, 0.3) is 10.9 Å². The Morgan fingerprint density at radius 1 is 1.43 bits per heavy atom. The Hall–Kier alpha value is -1.99. The first-order chi connectivity index (χ1) is 10.2. The van der Waals surface area contributed by atoms with Gasteiger partial charge < -0.3 is 9.88 Å². The van der Waals surface area contributed by atoms with Gasteiger partial charge >= 0.3 is 0 Å². The number of amides is 2. The molecule has 0 bridgehead atoms. The number of hydroxylamine groups is 1. The fourth-order valence-electron chi connectivity index (χ4n) is 2.43. The third-order valence-corrected chi connectivity index (χ3v) is 4.48. The Balaban J connectivity index is 1.89. The van der Waals surface area contributed by atoms with Crippen molar-refractivity contribution in [2.45, 2.75) is 6.04 Å². The van der Waals surface area contributed by atoms with Crippen LogP contribution in [0.4, 0.5) is 0 Å². The molecule has 2 aromatic rings. The summed E-state index contributed by atoms with van der Waals surface area (Å²) < 4.78 is 0. The number of para-hydroxylation sites is 1. The molecule has 2 heterocycles. The van der Waals surface area contributed by atoms with Gasteiger partial charge in [-0.05, 0) is 6.07 Å². The Bertz CT molecular complexity index is 685. The summed E-state index contributed by atoms with van der Waals surface area (Å²) in [5.41, 5.74) is 3.80. The maximum Gasteiger partial charge on any atom is 0.267 e. The number of aromatic nitrogens is 1. The summed E-state index contributed by atoms with van der Waals surface area (Å²) in [7, 11) is 1.38. The topological polar surface area (TPSA) is 74.4 Å². The van der Waals surface area contributed by atoms with Crippen molar-refractivity contribution in [1.29, 1.82) is 0 Å². The number of carbonyl (C=O) groups is 2. The highest BCUT2D eigenvalue weighted by molar-refractivity contribution is 7.99. The average Bonchev–Trinajstić information content (AvgIpc) is 3.14. The number of nitrogens with zero attached hydrogens (tertiary/aromatic N) is 1. The summed E-state index contributed by atoms with van der Waals surface area (Å²) in [6.07, 6.45) is 1.70. The van der Waals surface area contributed by atoms with Gasteiger partial charge in [-0.25, -0.2) is 5.48 Å². The Labute approximate surface area is 125 Å². The van der Waals surface area contributed by atoms with Gasteiger partial charge in [0.15, 0.2) is 0 Å². The zero-order valence-electron chi connectivity index (χ0n) is 11.5. The number of nitrogens with one attached hydrogen (secondary N) is 2. The number of hydrogen-bond acceptors (Lipinski definition) is 4. The Kier molecular flexibility index (Phi) is 3.85. The lowest BCUT2D eigenvalue weighted by molar-refractivity contribution is -0.134. The molecule has 1 aliphatic heterocycles. The van der Waals surface area contributed by atoms with E-state index in [9.17, 15) is 9.59 Å². The van der Waals surface area contributed by atoms with E-state index < -0.39 is 6.04 Å². The first-order valence-corrected chi connectivity index (χ1v) is 7.65. The van der Waals surface area contributed by atoms with Crippen molar-refractivity contribution in [1.82, 2.24) is 15.4 Å². The molecule has 1 saturated heterocycles. The third kappa shape index (κ3) is 2.50. The number of aromatic amines is 1. The molecule has 1 unspecified atom stereocenters. The summed E-state index contributed by atoms with van der Waals surface area (Å²) >= 11 is 1.55. The highest BCUT2D eigenvalue weighted by Crippen LogP contribution is 2.26. The van der Waals surface area contributed by atoms with Crippen molar-refractivity contribution >= 4 is 34.5 Å². The SMILES string of the molecule is CONC(=O)C1CSCN1C(=O)c1c[nH]c2ccccc12. The molecule has 110 valence electrons. The lowest BCUT2D eigenvalue weighted by Gasteiger charge is -2.22. The minimum atomic E-state index is -0.504. The highest BCUT2D eigenvalue weighted by atomic mass is 32.2. The van der Waals surface area contributed by atoms with E-state index >= 15 is 0 Å². The van der Waals surface area contributed by atoms with Crippen LogP contribution in [0.2, 0.25) is 0 Å². The molecule has 1 aliphatic rings. The van der Waals surface area contributed by atoms with Crippen LogP contribution >= 0.6 is 11.8 Å². The lowest BCUT2D eigenvalue weighted by atomic mass is 10.1. The van der Waals surface area contributed by atoms with Crippen LogP contribution in [0.3, 0.4) is 0 Å². The van der Waals surface area contributed by atoms with Gasteiger partial charge in [-0.15, -0.1) is 11.8 Å². The number of thioether (sulfide) groups is 1. The second-order valence-electron chi connectivity index (χ2n) is 4.71. The molecule has 21 heavy (non-hydrogen) atoms. The van der Waals surface area contributed by atoms with E-state index in [0.717, 1.165) is 10.9 Å². The molecule has 1 aromatic carbocycles. The van der Waals surface area contributed by atoms with Crippen molar-refractivity contribution in [3.8, 4) is 0 Å². The zero-order valence-corrected chi connectivity index (χ0v) is 12.3. The molecule has 0 saturated carbocycles. The van der Waals surface area contributed by atoms with Gasteiger partial charge in [0.1, 0.15) is 6.04 Å². The van der Waals surface area contributed by atoms with Crippen LogP contribution in [0.15, 0.2) is 30.5 Å². The van der Waals surface area contributed by atoms with Crippen molar-refractivity contribution in [3.05, 3.63) is 36.0 Å². The van der Waals surface area contributed by atoms with Gasteiger partial charge in [-0.3, -0.25) is 14.4 Å². The number of carbonyl (C=O) groups excluding carboxylic acids is 2. The van der Waals surface area contributed by atoms with Gasteiger partial charge in [0.2, 0.25) is 0 Å². The van der Waals surface area contributed by atoms with Crippen molar-refractivity contribution in [2.75, 3.05) is 18.7 Å². The number of H-pyrrole nitrogens is 1. The normalized spacial score (nSPS) is 18.1. The molecular weight excluding hydrogens is 290 g/mol. The summed E-state index contributed by atoms with van der Waals surface area (Å²) in [5, 5.41) is 0.866. The molecule has 2 N–H and O–H groups in total. The predicted molar refractivity (Wildman–Crippen MR) is 80.7 cm³/mol. The number of benzene rings is 1. The molecule has 0 radical (unpaired) electrons. The Morgan fingerprint density at radius 2 is 2.24 bits per heavy atom.